The van der Waals surface area contributed by atoms with Gasteiger partial charge in [-0.05, 0) is 18.8 Å². The van der Waals surface area contributed by atoms with Gasteiger partial charge in [-0.3, -0.25) is 4.79 Å². The molecule has 1 saturated heterocycles. The molecule has 108 valence electrons. The molecule has 2 aliphatic rings. The zero-order chi connectivity index (χ0) is 13.7. The van der Waals surface area contributed by atoms with Gasteiger partial charge < -0.3 is 14.4 Å². The van der Waals surface area contributed by atoms with E-state index in [1.807, 2.05) is 0 Å². The van der Waals surface area contributed by atoms with Crippen molar-refractivity contribution in [2.75, 3.05) is 26.9 Å². The van der Waals surface area contributed by atoms with Gasteiger partial charge in [0.05, 0.1) is 20.3 Å². The summed E-state index contributed by atoms with van der Waals surface area (Å²) < 4.78 is 10.0. The number of carbonyl (C=O) groups excluding carboxylic acids is 2. The fraction of sp³-hybridized carbons (Fsp3) is 0.857. The van der Waals surface area contributed by atoms with Crippen molar-refractivity contribution in [3.05, 3.63) is 0 Å². The average Bonchev–Trinajstić information content (AvgIpc) is 2.47. The summed E-state index contributed by atoms with van der Waals surface area (Å²) in [6.45, 7) is 1.25. The van der Waals surface area contributed by atoms with E-state index in [2.05, 4.69) is 0 Å². The Morgan fingerprint density at radius 2 is 2.00 bits per heavy atom. The van der Waals surface area contributed by atoms with E-state index in [4.69, 9.17) is 9.47 Å². The molecule has 1 saturated carbocycles. The van der Waals surface area contributed by atoms with Crippen molar-refractivity contribution in [1.82, 2.24) is 4.90 Å². The average molecular weight is 269 g/mol. The number of rotatable bonds is 3. The van der Waals surface area contributed by atoms with Crippen LogP contribution < -0.4 is 0 Å². The molecule has 1 amide bonds. The molecular formula is C14H23NO4. The molecule has 0 aromatic rings. The monoisotopic (exact) mass is 269 g/mol. The molecule has 0 bridgehead atoms. The highest BCUT2D eigenvalue weighted by Crippen LogP contribution is 2.27. The summed E-state index contributed by atoms with van der Waals surface area (Å²) in [5.41, 5.74) is 0. The number of carbonyl (C=O) groups is 2. The lowest BCUT2D eigenvalue weighted by Crippen LogP contribution is -2.53. The fourth-order valence-corrected chi connectivity index (χ4v) is 2.99. The number of nitrogens with zero attached hydrogens (tertiary/aromatic N) is 1. The molecule has 19 heavy (non-hydrogen) atoms. The lowest BCUT2D eigenvalue weighted by atomic mass is 9.86. The normalized spacial score (nSPS) is 25.1. The lowest BCUT2D eigenvalue weighted by Gasteiger charge is -2.35. The third-order valence-corrected chi connectivity index (χ3v) is 4.11. The Kier molecular flexibility index (Phi) is 5.19. The van der Waals surface area contributed by atoms with Crippen molar-refractivity contribution in [2.45, 2.75) is 44.6 Å². The first-order chi connectivity index (χ1) is 9.22. The smallest absolute Gasteiger partial charge is 0.331 e. The van der Waals surface area contributed by atoms with Crippen LogP contribution >= 0.6 is 0 Å². The Balaban J connectivity index is 1.92. The highest BCUT2D eigenvalue weighted by atomic mass is 16.5. The number of morpholine rings is 1. The summed E-state index contributed by atoms with van der Waals surface area (Å²) in [7, 11) is 1.35. The van der Waals surface area contributed by atoms with E-state index in [-0.39, 0.29) is 18.5 Å². The zero-order valence-corrected chi connectivity index (χ0v) is 11.6. The molecule has 1 heterocycles. The second kappa shape index (κ2) is 6.89. The molecular weight excluding hydrogens is 246 g/mol. The van der Waals surface area contributed by atoms with E-state index < -0.39 is 6.04 Å². The van der Waals surface area contributed by atoms with Gasteiger partial charge in [0, 0.05) is 13.0 Å². The van der Waals surface area contributed by atoms with Crippen LogP contribution in [0.1, 0.15) is 38.5 Å². The van der Waals surface area contributed by atoms with Crippen LogP contribution in [0.5, 0.6) is 0 Å². The van der Waals surface area contributed by atoms with Crippen molar-refractivity contribution < 1.29 is 19.1 Å². The van der Waals surface area contributed by atoms with Gasteiger partial charge >= 0.3 is 5.97 Å². The van der Waals surface area contributed by atoms with Crippen molar-refractivity contribution >= 4 is 11.9 Å². The Morgan fingerprint density at radius 1 is 1.26 bits per heavy atom. The summed E-state index contributed by atoms with van der Waals surface area (Å²) in [6, 6.07) is -0.560. The molecule has 0 aromatic carbocycles. The summed E-state index contributed by atoms with van der Waals surface area (Å²) in [5.74, 6) is 0.185. The molecule has 0 radical (unpaired) electrons. The number of esters is 1. The molecule has 2 rings (SSSR count). The Hall–Kier alpha value is -1.10. The Bertz CT molecular complexity index is 325. The second-order valence-electron chi connectivity index (χ2n) is 5.41. The first-order valence-corrected chi connectivity index (χ1v) is 7.17. The zero-order valence-electron chi connectivity index (χ0n) is 11.6. The molecule has 5 heteroatoms. The van der Waals surface area contributed by atoms with E-state index in [1.165, 1.54) is 26.4 Å². The third-order valence-electron chi connectivity index (χ3n) is 4.11. The van der Waals surface area contributed by atoms with Crippen LogP contribution in [0.4, 0.5) is 0 Å². The predicted octanol–water partition coefficient (Wildman–Crippen LogP) is 1.36. The minimum Gasteiger partial charge on any atom is -0.467 e. The van der Waals surface area contributed by atoms with Gasteiger partial charge in [0.15, 0.2) is 6.04 Å². The van der Waals surface area contributed by atoms with Crippen LogP contribution in [0.25, 0.3) is 0 Å². The number of amides is 1. The van der Waals surface area contributed by atoms with E-state index in [0.29, 0.717) is 25.5 Å². The Morgan fingerprint density at radius 3 is 2.68 bits per heavy atom. The molecule has 2 fully saturated rings. The van der Waals surface area contributed by atoms with Crippen LogP contribution in [0, 0.1) is 5.92 Å². The number of hydrogen-bond acceptors (Lipinski definition) is 4. The maximum atomic E-state index is 12.4. The minimum atomic E-state index is -0.560. The van der Waals surface area contributed by atoms with Gasteiger partial charge in [0.25, 0.3) is 0 Å². The van der Waals surface area contributed by atoms with E-state index in [9.17, 15) is 9.59 Å². The number of methoxy groups -OCH3 is 1. The number of ether oxygens (including phenoxy) is 2. The highest BCUT2D eigenvalue weighted by Gasteiger charge is 2.34. The topological polar surface area (TPSA) is 55.8 Å². The van der Waals surface area contributed by atoms with Crippen LogP contribution in [-0.2, 0) is 19.1 Å². The SMILES string of the molecule is COC(=O)C1COCCN1C(=O)CC1CCCCC1. The van der Waals surface area contributed by atoms with Gasteiger partial charge in [0.2, 0.25) is 5.91 Å². The summed E-state index contributed by atoms with van der Waals surface area (Å²) in [5, 5.41) is 0. The lowest BCUT2D eigenvalue weighted by molar-refractivity contribution is -0.161. The van der Waals surface area contributed by atoms with Gasteiger partial charge in [-0.1, -0.05) is 19.3 Å². The summed E-state index contributed by atoms with van der Waals surface area (Å²) in [6.07, 6.45) is 6.57. The van der Waals surface area contributed by atoms with Gasteiger partial charge in [-0.15, -0.1) is 0 Å². The molecule has 5 nitrogen and oxygen atoms in total. The summed E-state index contributed by atoms with van der Waals surface area (Å²) in [4.78, 5) is 25.7. The number of hydrogen-bond donors (Lipinski definition) is 0. The van der Waals surface area contributed by atoms with Crippen LogP contribution in [-0.4, -0.2) is 49.7 Å². The maximum absolute atomic E-state index is 12.4. The molecule has 1 atom stereocenters. The standard InChI is InChI=1S/C14H23NO4/c1-18-14(17)12-10-19-8-7-15(12)13(16)9-11-5-3-2-4-6-11/h11-12H,2-10H2,1H3. The maximum Gasteiger partial charge on any atom is 0.331 e. The van der Waals surface area contributed by atoms with Crippen molar-refractivity contribution in [2.24, 2.45) is 5.92 Å². The predicted molar refractivity (Wildman–Crippen MR) is 69.5 cm³/mol. The Labute approximate surface area is 114 Å². The molecule has 1 unspecified atom stereocenters. The fourth-order valence-electron chi connectivity index (χ4n) is 2.99. The van der Waals surface area contributed by atoms with Crippen LogP contribution in [0.2, 0.25) is 0 Å². The van der Waals surface area contributed by atoms with Crippen LogP contribution in [0.3, 0.4) is 0 Å². The third kappa shape index (κ3) is 3.69. The quantitative estimate of drug-likeness (QED) is 0.726. The first kappa shape index (κ1) is 14.3. The molecule has 0 aromatic heterocycles. The minimum absolute atomic E-state index is 0.0746. The van der Waals surface area contributed by atoms with Gasteiger partial charge in [-0.25, -0.2) is 4.79 Å². The van der Waals surface area contributed by atoms with E-state index in [1.54, 1.807) is 4.90 Å². The largest absolute Gasteiger partial charge is 0.467 e. The summed E-state index contributed by atoms with van der Waals surface area (Å²) >= 11 is 0. The van der Waals surface area contributed by atoms with Crippen molar-refractivity contribution in [3.8, 4) is 0 Å². The highest BCUT2D eigenvalue weighted by molar-refractivity contribution is 5.85. The van der Waals surface area contributed by atoms with Crippen LogP contribution in [0.15, 0.2) is 0 Å². The van der Waals surface area contributed by atoms with Crippen molar-refractivity contribution in [3.63, 3.8) is 0 Å². The van der Waals surface area contributed by atoms with E-state index >= 15 is 0 Å². The van der Waals surface area contributed by atoms with Gasteiger partial charge in [-0.2, -0.15) is 0 Å². The molecule has 0 spiro atoms. The second-order valence-corrected chi connectivity index (χ2v) is 5.41. The molecule has 1 aliphatic carbocycles. The van der Waals surface area contributed by atoms with E-state index in [0.717, 1.165) is 12.8 Å². The molecule has 1 aliphatic heterocycles. The van der Waals surface area contributed by atoms with Crippen molar-refractivity contribution in [1.29, 1.82) is 0 Å². The molecule has 0 N–H and O–H groups in total. The first-order valence-electron chi connectivity index (χ1n) is 7.17. The van der Waals surface area contributed by atoms with Gasteiger partial charge in [0.1, 0.15) is 0 Å².